The van der Waals surface area contributed by atoms with E-state index in [1.807, 2.05) is 0 Å². The molecule has 3 heterocycles. The molecule has 5 rings (SSSR count). The predicted molar refractivity (Wildman–Crippen MR) is 114 cm³/mol. The monoisotopic (exact) mass is 377 g/mol. The maximum Gasteiger partial charge on any atom is 0.222 e. The fourth-order valence-electron chi connectivity index (χ4n) is 5.46. The molecule has 5 heteroatoms. The number of benzene rings is 1. The van der Waals surface area contributed by atoms with Gasteiger partial charge < -0.3 is 10.6 Å². The molecule has 5 nitrogen and oxygen atoms in total. The molecule has 2 aliphatic heterocycles. The lowest BCUT2D eigenvalue weighted by molar-refractivity contribution is 0.175. The van der Waals surface area contributed by atoms with Crippen molar-refractivity contribution in [2.45, 2.75) is 58.0 Å². The first-order chi connectivity index (χ1) is 13.6. The van der Waals surface area contributed by atoms with E-state index in [1.54, 1.807) is 0 Å². The quantitative estimate of drug-likeness (QED) is 0.868. The van der Waals surface area contributed by atoms with Crippen molar-refractivity contribution < 1.29 is 0 Å². The Morgan fingerprint density at radius 3 is 2.79 bits per heavy atom. The van der Waals surface area contributed by atoms with Gasteiger partial charge in [0.15, 0.2) is 0 Å². The Hall–Kier alpha value is -2.14. The number of rotatable bonds is 2. The van der Waals surface area contributed by atoms with E-state index < -0.39 is 0 Å². The maximum atomic E-state index is 6.27. The van der Waals surface area contributed by atoms with Crippen LogP contribution in [0.1, 0.15) is 44.2 Å². The summed E-state index contributed by atoms with van der Waals surface area (Å²) in [5, 5.41) is 0. The van der Waals surface area contributed by atoms with Crippen LogP contribution in [0.25, 0.3) is 11.3 Å². The van der Waals surface area contributed by atoms with Crippen molar-refractivity contribution in [3.05, 3.63) is 35.4 Å². The minimum atomic E-state index is 0.404. The van der Waals surface area contributed by atoms with Crippen LogP contribution in [-0.2, 0) is 12.8 Å². The molecule has 2 fully saturated rings. The van der Waals surface area contributed by atoms with E-state index in [4.69, 9.17) is 15.7 Å². The van der Waals surface area contributed by atoms with Crippen LogP contribution in [0.2, 0.25) is 0 Å². The summed E-state index contributed by atoms with van der Waals surface area (Å²) in [6, 6.07) is 9.80. The van der Waals surface area contributed by atoms with Crippen molar-refractivity contribution in [2.24, 2.45) is 5.92 Å². The summed E-state index contributed by atoms with van der Waals surface area (Å²) in [6.07, 6.45) is 5.87. The van der Waals surface area contributed by atoms with Crippen LogP contribution in [0, 0.1) is 5.92 Å². The van der Waals surface area contributed by atoms with Gasteiger partial charge in [-0.05, 0) is 50.1 Å². The van der Waals surface area contributed by atoms with Gasteiger partial charge in [0.1, 0.15) is 5.82 Å². The summed E-state index contributed by atoms with van der Waals surface area (Å²) in [7, 11) is 0. The van der Waals surface area contributed by atoms with E-state index >= 15 is 0 Å². The van der Waals surface area contributed by atoms with Crippen LogP contribution in [0.4, 0.5) is 11.8 Å². The lowest BCUT2D eigenvalue weighted by atomic mass is 9.95. The van der Waals surface area contributed by atoms with Crippen LogP contribution in [0.15, 0.2) is 24.3 Å². The van der Waals surface area contributed by atoms with Crippen LogP contribution in [-0.4, -0.2) is 46.6 Å². The Morgan fingerprint density at radius 1 is 1.07 bits per heavy atom. The number of anilines is 2. The third-order valence-electron chi connectivity index (χ3n) is 6.92. The van der Waals surface area contributed by atoms with E-state index in [2.05, 4.69) is 47.9 Å². The van der Waals surface area contributed by atoms with E-state index in [0.29, 0.717) is 23.9 Å². The Balaban J connectivity index is 1.63. The molecule has 1 aromatic carbocycles. The molecule has 1 aliphatic carbocycles. The molecule has 2 atom stereocenters. The normalized spacial score (nSPS) is 24.6. The minimum Gasteiger partial charge on any atom is -0.368 e. The van der Waals surface area contributed by atoms with Crippen molar-refractivity contribution in [3.63, 3.8) is 0 Å². The number of hydrogen-bond acceptors (Lipinski definition) is 5. The topological polar surface area (TPSA) is 58.3 Å². The highest BCUT2D eigenvalue weighted by molar-refractivity contribution is 5.74. The molecular weight excluding hydrogens is 346 g/mol. The van der Waals surface area contributed by atoms with Gasteiger partial charge in [-0.1, -0.05) is 38.1 Å². The zero-order chi connectivity index (χ0) is 19.3. The molecule has 0 radical (unpaired) electrons. The zero-order valence-electron chi connectivity index (χ0n) is 17.1. The lowest BCUT2D eigenvalue weighted by Gasteiger charge is -2.46. The predicted octanol–water partition coefficient (Wildman–Crippen LogP) is 3.52. The van der Waals surface area contributed by atoms with Gasteiger partial charge in [-0.3, -0.25) is 4.90 Å². The molecule has 2 aromatic rings. The van der Waals surface area contributed by atoms with Gasteiger partial charge >= 0.3 is 0 Å². The first-order valence-corrected chi connectivity index (χ1v) is 10.9. The third-order valence-corrected chi connectivity index (χ3v) is 6.92. The highest BCUT2D eigenvalue weighted by Crippen LogP contribution is 2.39. The highest BCUT2D eigenvalue weighted by atomic mass is 15.3. The van der Waals surface area contributed by atoms with Gasteiger partial charge in [0.2, 0.25) is 5.95 Å². The minimum absolute atomic E-state index is 0.404. The van der Waals surface area contributed by atoms with Crippen LogP contribution >= 0.6 is 0 Å². The SMILES string of the molecule is CC(C)C1CN2CCCC2CN1c1nc(N)nc2c1CCCc1ccccc1-2. The van der Waals surface area contributed by atoms with E-state index in [9.17, 15) is 0 Å². The summed E-state index contributed by atoms with van der Waals surface area (Å²) >= 11 is 0. The van der Waals surface area contributed by atoms with E-state index in [1.165, 1.54) is 36.1 Å². The fourth-order valence-corrected chi connectivity index (χ4v) is 5.46. The Labute approximate surface area is 168 Å². The second-order valence-electron chi connectivity index (χ2n) is 9.00. The average molecular weight is 378 g/mol. The molecule has 3 aliphatic rings. The van der Waals surface area contributed by atoms with E-state index in [0.717, 1.165) is 43.9 Å². The molecule has 2 saturated heterocycles. The first kappa shape index (κ1) is 17.9. The summed E-state index contributed by atoms with van der Waals surface area (Å²) in [5.41, 5.74) is 11.3. The van der Waals surface area contributed by atoms with Crippen molar-refractivity contribution in [1.29, 1.82) is 0 Å². The lowest BCUT2D eigenvalue weighted by Crippen LogP contribution is -2.58. The summed E-state index contributed by atoms with van der Waals surface area (Å²) in [5.74, 6) is 2.08. The summed E-state index contributed by atoms with van der Waals surface area (Å²) in [4.78, 5) is 14.9. The Bertz CT molecular complexity index is 877. The van der Waals surface area contributed by atoms with Crippen molar-refractivity contribution >= 4 is 11.8 Å². The number of hydrogen-bond donors (Lipinski definition) is 1. The molecule has 0 amide bonds. The average Bonchev–Trinajstić information content (AvgIpc) is 3.07. The zero-order valence-corrected chi connectivity index (χ0v) is 17.1. The standard InChI is InChI=1S/C23H31N5/c1-15(2)20-14-27-12-6-9-17(27)13-28(20)22-19-11-5-8-16-7-3-4-10-18(16)21(19)25-23(24)26-22/h3-4,7,10,15,17,20H,5-6,8-9,11-14H2,1-2H3,(H2,24,25,26). The first-order valence-electron chi connectivity index (χ1n) is 10.9. The number of fused-ring (bicyclic) bond motifs is 4. The molecular formula is C23H31N5. The van der Waals surface area contributed by atoms with Crippen molar-refractivity contribution in [2.75, 3.05) is 30.3 Å². The van der Waals surface area contributed by atoms with Crippen LogP contribution < -0.4 is 10.6 Å². The number of nitrogens with two attached hydrogens (primary N) is 1. The second kappa shape index (κ2) is 7.03. The highest BCUT2D eigenvalue weighted by Gasteiger charge is 2.39. The van der Waals surface area contributed by atoms with E-state index in [-0.39, 0.29) is 0 Å². The van der Waals surface area contributed by atoms with Gasteiger partial charge in [0.25, 0.3) is 0 Å². The van der Waals surface area contributed by atoms with Gasteiger partial charge in [-0.2, -0.15) is 4.98 Å². The van der Waals surface area contributed by atoms with Gasteiger partial charge in [-0.25, -0.2) is 4.98 Å². The maximum absolute atomic E-state index is 6.27. The Morgan fingerprint density at radius 2 is 1.93 bits per heavy atom. The summed E-state index contributed by atoms with van der Waals surface area (Å²) < 4.78 is 0. The molecule has 2 unspecified atom stereocenters. The number of aromatic nitrogens is 2. The molecule has 2 N–H and O–H groups in total. The van der Waals surface area contributed by atoms with Crippen LogP contribution in [0.3, 0.4) is 0 Å². The molecule has 28 heavy (non-hydrogen) atoms. The Kier molecular flexibility index (Phi) is 4.50. The second-order valence-corrected chi connectivity index (χ2v) is 9.00. The van der Waals surface area contributed by atoms with Crippen LogP contribution in [0.5, 0.6) is 0 Å². The number of nitrogen functional groups attached to an aromatic ring is 1. The van der Waals surface area contributed by atoms with Crippen molar-refractivity contribution in [1.82, 2.24) is 14.9 Å². The third kappa shape index (κ3) is 2.96. The molecule has 1 aromatic heterocycles. The molecule has 0 bridgehead atoms. The van der Waals surface area contributed by atoms with Gasteiger partial charge in [-0.15, -0.1) is 0 Å². The molecule has 0 spiro atoms. The number of piperazine rings is 1. The summed E-state index contributed by atoms with van der Waals surface area (Å²) in [6.45, 7) is 8.13. The smallest absolute Gasteiger partial charge is 0.222 e. The van der Waals surface area contributed by atoms with Gasteiger partial charge in [0.05, 0.1) is 5.69 Å². The number of aryl methyl sites for hydroxylation is 1. The number of nitrogens with zero attached hydrogens (tertiary/aromatic N) is 4. The van der Waals surface area contributed by atoms with Gasteiger partial charge in [0, 0.05) is 36.3 Å². The van der Waals surface area contributed by atoms with Crippen molar-refractivity contribution in [3.8, 4) is 11.3 Å². The molecule has 148 valence electrons. The fraction of sp³-hybridized carbons (Fsp3) is 0.565. The largest absolute Gasteiger partial charge is 0.368 e. The molecule has 0 saturated carbocycles.